The number of nitrogens with one attached hydrogen (secondary N) is 1. The first-order valence-corrected chi connectivity index (χ1v) is 8.03. The topological polar surface area (TPSA) is 30.5 Å². The van der Waals surface area contributed by atoms with Gasteiger partial charge in [0.1, 0.15) is 5.75 Å². The maximum atomic E-state index is 5.74. The summed E-state index contributed by atoms with van der Waals surface area (Å²) in [6.45, 7) is 10.3. The molecule has 3 nitrogen and oxygen atoms in total. The van der Waals surface area contributed by atoms with Gasteiger partial charge in [-0.3, -0.25) is 0 Å². The highest BCUT2D eigenvalue weighted by Gasteiger charge is 2.20. The van der Waals surface area contributed by atoms with Gasteiger partial charge in [0.15, 0.2) is 0 Å². The minimum Gasteiger partial charge on any atom is -0.494 e. The second-order valence-electron chi connectivity index (χ2n) is 6.03. The van der Waals surface area contributed by atoms with Crippen LogP contribution in [0.5, 0.6) is 5.75 Å². The first kappa shape index (κ1) is 18.0. The van der Waals surface area contributed by atoms with Crippen LogP contribution in [0.3, 0.4) is 0 Å². The van der Waals surface area contributed by atoms with E-state index in [1.54, 1.807) is 7.11 Å². The molecule has 0 spiro atoms. The van der Waals surface area contributed by atoms with Crippen molar-refractivity contribution in [2.75, 3.05) is 20.3 Å². The van der Waals surface area contributed by atoms with Crippen LogP contribution in [0.4, 0.5) is 0 Å². The molecule has 0 fully saturated rings. The van der Waals surface area contributed by atoms with Gasteiger partial charge in [-0.25, -0.2) is 0 Å². The predicted molar refractivity (Wildman–Crippen MR) is 89.0 cm³/mol. The molecule has 1 atom stereocenters. The zero-order valence-corrected chi connectivity index (χ0v) is 14.2. The molecular formula is C18H31NO2. The summed E-state index contributed by atoms with van der Waals surface area (Å²) in [7, 11) is 1.78. The SMILES string of the molecule is CCCOc1cccc(C(CCC(C)(C)OC)NCC)c1. The average molecular weight is 293 g/mol. The molecule has 21 heavy (non-hydrogen) atoms. The molecule has 3 heteroatoms. The van der Waals surface area contributed by atoms with Crippen molar-refractivity contribution in [1.29, 1.82) is 0 Å². The second-order valence-corrected chi connectivity index (χ2v) is 6.03. The predicted octanol–water partition coefficient (Wildman–Crippen LogP) is 4.33. The molecule has 0 saturated heterocycles. The molecule has 0 aliphatic heterocycles. The van der Waals surface area contributed by atoms with Crippen LogP contribution in [0.2, 0.25) is 0 Å². The van der Waals surface area contributed by atoms with E-state index in [2.05, 4.69) is 51.2 Å². The minimum absolute atomic E-state index is 0.0794. The highest BCUT2D eigenvalue weighted by Crippen LogP contribution is 2.26. The molecule has 0 aliphatic rings. The van der Waals surface area contributed by atoms with E-state index in [-0.39, 0.29) is 5.60 Å². The normalized spacial score (nSPS) is 13.2. The highest BCUT2D eigenvalue weighted by atomic mass is 16.5. The van der Waals surface area contributed by atoms with Crippen molar-refractivity contribution in [3.8, 4) is 5.75 Å². The zero-order valence-electron chi connectivity index (χ0n) is 14.2. The number of hydrogen-bond donors (Lipinski definition) is 1. The van der Waals surface area contributed by atoms with Gasteiger partial charge in [-0.1, -0.05) is 26.0 Å². The Kier molecular flexibility index (Phi) is 7.76. The van der Waals surface area contributed by atoms with Crippen LogP contribution in [0.25, 0.3) is 0 Å². The fourth-order valence-corrected chi connectivity index (χ4v) is 2.27. The summed E-state index contributed by atoms with van der Waals surface area (Å²) in [6, 6.07) is 8.77. The number of methoxy groups -OCH3 is 1. The van der Waals surface area contributed by atoms with Crippen molar-refractivity contribution in [2.24, 2.45) is 0 Å². The van der Waals surface area contributed by atoms with E-state index in [1.807, 2.05) is 6.07 Å². The van der Waals surface area contributed by atoms with E-state index in [1.165, 1.54) is 5.56 Å². The summed E-state index contributed by atoms with van der Waals surface area (Å²) >= 11 is 0. The van der Waals surface area contributed by atoms with E-state index in [0.29, 0.717) is 6.04 Å². The molecule has 0 aliphatic carbocycles. The van der Waals surface area contributed by atoms with Gasteiger partial charge in [-0.2, -0.15) is 0 Å². The quantitative estimate of drug-likeness (QED) is 0.696. The van der Waals surface area contributed by atoms with Gasteiger partial charge in [-0.05, 0) is 57.4 Å². The van der Waals surface area contributed by atoms with Crippen LogP contribution in [0.1, 0.15) is 58.6 Å². The minimum atomic E-state index is -0.0794. The Morgan fingerprint density at radius 1 is 1.24 bits per heavy atom. The van der Waals surface area contributed by atoms with Crippen LogP contribution >= 0.6 is 0 Å². The second kappa shape index (κ2) is 9.06. The van der Waals surface area contributed by atoms with E-state index >= 15 is 0 Å². The lowest BCUT2D eigenvalue weighted by atomic mass is 9.94. The van der Waals surface area contributed by atoms with Crippen molar-refractivity contribution >= 4 is 0 Å². The summed E-state index contributed by atoms with van der Waals surface area (Å²) in [4.78, 5) is 0. The van der Waals surface area contributed by atoms with Crippen molar-refractivity contribution in [3.63, 3.8) is 0 Å². The van der Waals surface area contributed by atoms with E-state index < -0.39 is 0 Å². The zero-order chi connectivity index (χ0) is 15.7. The molecular weight excluding hydrogens is 262 g/mol. The summed E-state index contributed by atoms with van der Waals surface area (Å²) in [5, 5.41) is 3.57. The van der Waals surface area contributed by atoms with Gasteiger partial charge < -0.3 is 14.8 Å². The molecule has 0 aromatic heterocycles. The largest absolute Gasteiger partial charge is 0.494 e. The number of rotatable bonds is 10. The van der Waals surface area contributed by atoms with Crippen LogP contribution in [-0.2, 0) is 4.74 Å². The molecule has 1 aromatic carbocycles. The molecule has 1 aromatic rings. The van der Waals surface area contributed by atoms with Crippen molar-refractivity contribution < 1.29 is 9.47 Å². The molecule has 0 radical (unpaired) electrons. The van der Waals surface area contributed by atoms with Crippen molar-refractivity contribution in [3.05, 3.63) is 29.8 Å². The third-order valence-corrected chi connectivity index (χ3v) is 3.77. The monoisotopic (exact) mass is 293 g/mol. The first-order valence-electron chi connectivity index (χ1n) is 8.03. The summed E-state index contributed by atoms with van der Waals surface area (Å²) < 4.78 is 11.3. The van der Waals surface area contributed by atoms with Gasteiger partial charge in [0.05, 0.1) is 12.2 Å². The maximum Gasteiger partial charge on any atom is 0.119 e. The Hall–Kier alpha value is -1.06. The lowest BCUT2D eigenvalue weighted by Gasteiger charge is -2.26. The van der Waals surface area contributed by atoms with Crippen molar-refractivity contribution in [1.82, 2.24) is 5.32 Å². The Morgan fingerprint density at radius 2 is 2.00 bits per heavy atom. The van der Waals surface area contributed by atoms with Crippen LogP contribution in [0, 0.1) is 0 Å². The average Bonchev–Trinajstić information content (AvgIpc) is 2.49. The van der Waals surface area contributed by atoms with Crippen molar-refractivity contribution in [2.45, 2.75) is 58.6 Å². The standard InChI is InChI=1S/C18H31NO2/c1-6-13-21-16-10-8-9-15(14-16)17(19-7-2)11-12-18(3,4)20-5/h8-10,14,17,19H,6-7,11-13H2,1-5H3. The van der Waals surface area contributed by atoms with E-state index in [4.69, 9.17) is 9.47 Å². The van der Waals surface area contributed by atoms with Gasteiger partial charge >= 0.3 is 0 Å². The third-order valence-electron chi connectivity index (χ3n) is 3.77. The third kappa shape index (κ3) is 6.49. The first-order chi connectivity index (χ1) is 10.0. The van der Waals surface area contributed by atoms with E-state index in [9.17, 15) is 0 Å². The Balaban J connectivity index is 2.75. The fraction of sp³-hybridized carbons (Fsp3) is 0.667. The lowest BCUT2D eigenvalue weighted by molar-refractivity contribution is 0.0117. The summed E-state index contributed by atoms with van der Waals surface area (Å²) in [6.07, 6.45) is 3.09. The number of benzene rings is 1. The molecule has 1 N–H and O–H groups in total. The van der Waals surface area contributed by atoms with Crippen LogP contribution < -0.4 is 10.1 Å². The number of hydrogen-bond acceptors (Lipinski definition) is 3. The fourth-order valence-electron chi connectivity index (χ4n) is 2.27. The molecule has 120 valence electrons. The molecule has 0 heterocycles. The number of ether oxygens (including phenoxy) is 2. The molecule has 1 unspecified atom stereocenters. The van der Waals surface area contributed by atoms with Gasteiger partial charge in [0, 0.05) is 13.2 Å². The molecule has 1 rings (SSSR count). The van der Waals surface area contributed by atoms with Gasteiger partial charge in [0.2, 0.25) is 0 Å². The summed E-state index contributed by atoms with van der Waals surface area (Å²) in [5.41, 5.74) is 1.21. The Labute approximate surface area is 130 Å². The van der Waals surface area contributed by atoms with Gasteiger partial charge in [-0.15, -0.1) is 0 Å². The van der Waals surface area contributed by atoms with Crippen LogP contribution in [-0.4, -0.2) is 25.9 Å². The smallest absolute Gasteiger partial charge is 0.119 e. The highest BCUT2D eigenvalue weighted by molar-refractivity contribution is 5.30. The molecule has 0 bridgehead atoms. The van der Waals surface area contributed by atoms with Gasteiger partial charge in [0.25, 0.3) is 0 Å². The Bertz CT molecular complexity index is 404. The maximum absolute atomic E-state index is 5.74. The molecule has 0 saturated carbocycles. The Morgan fingerprint density at radius 3 is 2.62 bits per heavy atom. The van der Waals surface area contributed by atoms with Crippen LogP contribution in [0.15, 0.2) is 24.3 Å². The van der Waals surface area contributed by atoms with E-state index in [0.717, 1.165) is 38.2 Å². The lowest BCUT2D eigenvalue weighted by Crippen LogP contribution is -2.27. The summed E-state index contributed by atoms with van der Waals surface area (Å²) in [5.74, 6) is 0.961. The molecule has 0 amide bonds.